The molecule has 10 nitrogen and oxygen atoms in total. The quantitative estimate of drug-likeness (QED) is 0.376. The van der Waals surface area contributed by atoms with Crippen molar-refractivity contribution < 1.29 is 38.9 Å². The predicted octanol–water partition coefficient (Wildman–Crippen LogP) is 2.41. The summed E-state index contributed by atoms with van der Waals surface area (Å²) in [7, 11) is 1.99. The second-order valence-corrected chi connectivity index (χ2v) is 10.3. The summed E-state index contributed by atoms with van der Waals surface area (Å²) in [5.41, 5.74) is 3.46. The Morgan fingerprint density at radius 2 is 1.25 bits per heavy atom. The zero-order valence-corrected chi connectivity index (χ0v) is 18.4. The Morgan fingerprint density at radius 1 is 0.857 bits per heavy atom. The van der Waals surface area contributed by atoms with Crippen molar-refractivity contribution in [1.29, 1.82) is 0 Å². The van der Waals surface area contributed by atoms with Crippen LogP contribution in [-0.2, 0) is 19.1 Å². The average Bonchev–Trinajstić information content (AvgIpc) is 2.45. The van der Waals surface area contributed by atoms with Crippen LogP contribution in [-0.4, -0.2) is 74.0 Å². The molecule has 0 radical (unpaired) electrons. The fourth-order valence-electron chi connectivity index (χ4n) is 1.51. The van der Waals surface area contributed by atoms with Crippen LogP contribution >= 0.6 is 21.6 Å². The van der Waals surface area contributed by atoms with E-state index in [2.05, 4.69) is 0 Å². The van der Waals surface area contributed by atoms with Gasteiger partial charge in [-0.3, -0.25) is 4.79 Å². The first kappa shape index (κ1) is 26.3. The van der Waals surface area contributed by atoms with Crippen molar-refractivity contribution in [3.63, 3.8) is 0 Å². The molecule has 4 N–H and O–H groups in total. The number of amides is 2. The number of rotatable bonds is 8. The van der Waals surface area contributed by atoms with Gasteiger partial charge in [0, 0.05) is 11.5 Å². The Labute approximate surface area is 171 Å². The van der Waals surface area contributed by atoms with Crippen molar-refractivity contribution >= 4 is 45.7 Å². The first-order valence-electron chi connectivity index (χ1n) is 8.26. The average molecular weight is 441 g/mol. The molecule has 0 aliphatic heterocycles. The van der Waals surface area contributed by atoms with E-state index in [9.17, 15) is 24.3 Å². The lowest BCUT2D eigenvalue weighted by Gasteiger charge is -2.31. The van der Waals surface area contributed by atoms with Crippen LogP contribution in [0.2, 0.25) is 0 Å². The molecule has 0 spiro atoms. The van der Waals surface area contributed by atoms with Crippen molar-refractivity contribution in [2.45, 2.75) is 64.8 Å². The van der Waals surface area contributed by atoms with Gasteiger partial charge in [-0.15, -0.1) is 0 Å². The first-order valence-corrected chi connectivity index (χ1v) is 10.7. The molecule has 12 heteroatoms. The van der Waals surface area contributed by atoms with E-state index in [4.69, 9.17) is 20.3 Å². The third kappa shape index (κ3) is 10.6. The zero-order valence-electron chi connectivity index (χ0n) is 16.8. The smallest absolute Gasteiger partial charge is 0.420 e. The summed E-state index contributed by atoms with van der Waals surface area (Å²) in [5.74, 6) is -2.82. The molecule has 2 amide bonds. The summed E-state index contributed by atoms with van der Waals surface area (Å²) in [4.78, 5) is 47.8. The molecule has 0 fully saturated rings. The van der Waals surface area contributed by atoms with E-state index in [1.54, 1.807) is 41.5 Å². The van der Waals surface area contributed by atoms with E-state index >= 15 is 0 Å². The third-order valence-electron chi connectivity index (χ3n) is 2.65. The lowest BCUT2D eigenvalue weighted by atomic mass is 10.2. The maximum Gasteiger partial charge on any atom is 0.420 e. The summed E-state index contributed by atoms with van der Waals surface area (Å²) in [6, 6.07) is -2.70. The highest BCUT2D eigenvalue weighted by molar-refractivity contribution is 8.76. The monoisotopic (exact) mass is 440 g/mol. The molecule has 0 saturated heterocycles. The molecule has 0 rings (SSSR count). The molecule has 0 bridgehead atoms. The molecule has 0 aromatic heterocycles. The standard InChI is InChI=1S/C16H28N2O8S2/c1-15(2,3)25-13(23)18(14(24)26-16(4,5)6)10(12(21)22)8-28-27-7-9(17)11(19)20/h9-10H,7-8,17H2,1-6H3,(H,19,20)(H,21,22)/t9?,10-/m0/s1. The van der Waals surface area contributed by atoms with E-state index < -0.39 is 47.4 Å². The highest BCUT2D eigenvalue weighted by atomic mass is 33.1. The normalized spacial score (nSPS) is 14.0. The minimum Gasteiger partial charge on any atom is -0.480 e. The maximum absolute atomic E-state index is 12.5. The van der Waals surface area contributed by atoms with Crippen molar-refractivity contribution in [3.05, 3.63) is 0 Å². The fourth-order valence-corrected chi connectivity index (χ4v) is 3.82. The number of ether oxygens (including phenoxy) is 2. The van der Waals surface area contributed by atoms with Crippen LogP contribution in [0.1, 0.15) is 41.5 Å². The van der Waals surface area contributed by atoms with Gasteiger partial charge in [0.15, 0.2) is 6.04 Å². The summed E-state index contributed by atoms with van der Waals surface area (Å²) >= 11 is 0. The highest BCUT2D eigenvalue weighted by Gasteiger charge is 2.40. The molecule has 0 aromatic carbocycles. The van der Waals surface area contributed by atoms with Crippen LogP contribution in [0.25, 0.3) is 0 Å². The molecule has 0 aromatic rings. The Morgan fingerprint density at radius 3 is 1.57 bits per heavy atom. The van der Waals surface area contributed by atoms with Crippen molar-refractivity contribution in [1.82, 2.24) is 4.90 Å². The number of carbonyl (C=O) groups is 4. The maximum atomic E-state index is 12.5. The molecular weight excluding hydrogens is 412 g/mol. The number of carboxylic acids is 2. The third-order valence-corrected chi connectivity index (χ3v) is 5.08. The van der Waals surface area contributed by atoms with E-state index in [0.717, 1.165) is 21.6 Å². The van der Waals surface area contributed by atoms with Crippen LogP contribution in [0.3, 0.4) is 0 Å². The Balaban J connectivity index is 5.39. The Bertz CT molecular complexity index is 558. The van der Waals surface area contributed by atoms with Crippen molar-refractivity contribution in [2.75, 3.05) is 11.5 Å². The SMILES string of the molecule is CC(C)(C)OC(=O)N(C(=O)OC(C)(C)C)[C@@H](CSSCC(N)C(=O)O)C(=O)O. The van der Waals surface area contributed by atoms with Crippen molar-refractivity contribution in [2.24, 2.45) is 5.73 Å². The van der Waals surface area contributed by atoms with Gasteiger partial charge in [0.25, 0.3) is 0 Å². The van der Waals surface area contributed by atoms with Gasteiger partial charge in [0.2, 0.25) is 0 Å². The number of carbonyl (C=O) groups excluding carboxylic acids is 2. The molecule has 162 valence electrons. The molecule has 0 aliphatic carbocycles. The fraction of sp³-hybridized carbons (Fsp3) is 0.750. The lowest BCUT2D eigenvalue weighted by molar-refractivity contribution is -0.142. The molecular formula is C16H28N2O8S2. The number of carboxylic acid groups (broad SMARTS) is 2. The van der Waals surface area contributed by atoms with Gasteiger partial charge in [-0.05, 0) is 41.5 Å². The van der Waals surface area contributed by atoms with Gasteiger partial charge >= 0.3 is 24.1 Å². The number of aliphatic carboxylic acids is 2. The predicted molar refractivity (Wildman–Crippen MR) is 106 cm³/mol. The highest BCUT2D eigenvalue weighted by Crippen LogP contribution is 2.26. The van der Waals surface area contributed by atoms with Gasteiger partial charge in [0.1, 0.15) is 17.2 Å². The topological polar surface area (TPSA) is 156 Å². The van der Waals surface area contributed by atoms with E-state index in [0.29, 0.717) is 4.90 Å². The van der Waals surface area contributed by atoms with Gasteiger partial charge < -0.3 is 25.4 Å². The van der Waals surface area contributed by atoms with Crippen LogP contribution < -0.4 is 5.73 Å². The number of hydrogen-bond acceptors (Lipinski definition) is 9. The Kier molecular flexibility index (Phi) is 10.1. The number of hydrogen-bond donors (Lipinski definition) is 3. The largest absolute Gasteiger partial charge is 0.480 e. The van der Waals surface area contributed by atoms with Crippen LogP contribution in [0.4, 0.5) is 9.59 Å². The molecule has 2 atom stereocenters. The molecule has 0 saturated carbocycles. The van der Waals surface area contributed by atoms with Crippen LogP contribution in [0.15, 0.2) is 0 Å². The van der Waals surface area contributed by atoms with Gasteiger partial charge in [-0.25, -0.2) is 14.4 Å². The first-order chi connectivity index (χ1) is 12.5. The molecule has 1 unspecified atom stereocenters. The molecule has 28 heavy (non-hydrogen) atoms. The number of nitrogens with zero attached hydrogens (tertiary/aromatic N) is 1. The van der Waals surface area contributed by atoms with Crippen molar-refractivity contribution in [3.8, 4) is 0 Å². The molecule has 0 heterocycles. The van der Waals surface area contributed by atoms with E-state index in [-0.39, 0.29) is 11.5 Å². The summed E-state index contributed by atoms with van der Waals surface area (Å²) in [5, 5.41) is 18.3. The van der Waals surface area contributed by atoms with Crippen LogP contribution in [0.5, 0.6) is 0 Å². The van der Waals surface area contributed by atoms with Gasteiger partial charge in [-0.2, -0.15) is 4.90 Å². The number of imide groups is 1. The van der Waals surface area contributed by atoms with Gasteiger partial charge in [0.05, 0.1) is 0 Å². The van der Waals surface area contributed by atoms with Crippen LogP contribution in [0, 0.1) is 0 Å². The summed E-state index contributed by atoms with van der Waals surface area (Å²) < 4.78 is 10.3. The minimum absolute atomic E-state index is 0.0191. The Hall–Kier alpha value is -1.66. The summed E-state index contributed by atoms with van der Waals surface area (Å²) in [6.45, 7) is 9.45. The minimum atomic E-state index is -1.58. The second kappa shape index (κ2) is 10.8. The zero-order chi connectivity index (χ0) is 22.3. The molecule has 0 aliphatic rings. The lowest BCUT2D eigenvalue weighted by Crippen LogP contribution is -2.53. The van der Waals surface area contributed by atoms with Gasteiger partial charge in [-0.1, -0.05) is 21.6 Å². The number of nitrogens with two attached hydrogens (primary N) is 1. The second-order valence-electron chi connectivity index (χ2n) is 7.70. The van der Waals surface area contributed by atoms with E-state index in [1.165, 1.54) is 0 Å². The summed E-state index contributed by atoms with van der Waals surface area (Å²) in [6.07, 6.45) is -2.30. The van der Waals surface area contributed by atoms with E-state index in [1.807, 2.05) is 0 Å².